The van der Waals surface area contributed by atoms with Crippen LogP contribution >= 0.6 is 11.8 Å². The number of carbonyl (C=O) groups excluding carboxylic acids is 5. The minimum atomic E-state index is -3.28. The van der Waals surface area contributed by atoms with E-state index in [-0.39, 0.29) is 60.2 Å². The van der Waals surface area contributed by atoms with Crippen molar-refractivity contribution >= 4 is 60.4 Å². The predicted octanol–water partition coefficient (Wildman–Crippen LogP) is 14.7. The highest BCUT2D eigenvalue weighted by atomic mass is 32.2. The van der Waals surface area contributed by atoms with Crippen molar-refractivity contribution in [3.63, 3.8) is 0 Å². The number of hydrogen-bond acceptors (Lipinski definition) is 12. The van der Waals surface area contributed by atoms with Gasteiger partial charge in [0.1, 0.15) is 17.6 Å². The van der Waals surface area contributed by atoms with Crippen LogP contribution in [-0.4, -0.2) is 99.6 Å². The average molecular weight is 1290 g/mol. The molecule has 0 bridgehead atoms. The fourth-order valence-corrected chi connectivity index (χ4v) is 22.4. The van der Waals surface area contributed by atoms with Crippen molar-refractivity contribution in [3.8, 4) is 0 Å². The van der Waals surface area contributed by atoms with Crippen molar-refractivity contribution in [1.82, 2.24) is 10.6 Å². The van der Waals surface area contributed by atoms with Crippen LogP contribution in [0, 0.1) is 46.3 Å². The first-order chi connectivity index (χ1) is 44.3. The molecule has 1 heterocycles. The van der Waals surface area contributed by atoms with E-state index < -0.39 is 67.2 Å². The summed E-state index contributed by atoms with van der Waals surface area (Å²) in [6, 6.07) is 45.8. The van der Waals surface area contributed by atoms with E-state index in [0.717, 1.165) is 65.6 Å². The Morgan fingerprint density at radius 1 is 0.620 bits per heavy atom. The number of esters is 3. The Balaban J connectivity index is 0.796. The molecule has 5 aromatic carbocycles. The van der Waals surface area contributed by atoms with Crippen molar-refractivity contribution in [1.29, 1.82) is 0 Å². The molecule has 5 aliphatic rings. The van der Waals surface area contributed by atoms with Crippen LogP contribution in [0.3, 0.4) is 0 Å². The highest BCUT2D eigenvalue weighted by Gasteiger charge is 2.60. The summed E-state index contributed by atoms with van der Waals surface area (Å²) in [6.45, 7) is 19.2. The van der Waals surface area contributed by atoms with Gasteiger partial charge < -0.3 is 38.7 Å². The zero-order valence-corrected chi connectivity index (χ0v) is 57.2. The summed E-state index contributed by atoms with van der Waals surface area (Å²) in [7, 11) is -3.28. The molecule has 13 nitrogen and oxygen atoms in total. The Morgan fingerprint density at radius 3 is 1.74 bits per heavy atom. The molecule has 2 amide bonds. The Bertz CT molecular complexity index is 3240. The lowest BCUT2D eigenvalue weighted by molar-refractivity contribution is -0.206. The second kappa shape index (κ2) is 30.7. The predicted molar refractivity (Wildman–Crippen MR) is 365 cm³/mol. The van der Waals surface area contributed by atoms with Gasteiger partial charge >= 0.3 is 24.0 Å². The number of amides is 2. The number of allylic oxidation sites excluding steroid dienone is 1. The number of carbonyl (C=O) groups is 5. The molecule has 2 N–H and O–H groups in total. The third-order valence-electron chi connectivity index (χ3n) is 21.3. The highest BCUT2D eigenvalue weighted by Crippen LogP contribution is 2.67. The Hall–Kier alpha value is -6.52. The Kier molecular flexibility index (Phi) is 22.8. The number of hydrogen-bond donors (Lipinski definition) is 2. The van der Waals surface area contributed by atoms with Crippen LogP contribution in [-0.2, 0) is 32.9 Å². The minimum absolute atomic E-state index is 0.0602. The third-order valence-corrected chi connectivity index (χ3v) is 27.5. The number of ether oxygens (including phenoxy) is 5. The van der Waals surface area contributed by atoms with Crippen molar-refractivity contribution in [2.75, 3.05) is 25.4 Å². The van der Waals surface area contributed by atoms with E-state index >= 15 is 0 Å². The zero-order chi connectivity index (χ0) is 65.0. The number of nitrogens with one attached hydrogen (secondary N) is 2. The second-order valence-corrected chi connectivity index (χ2v) is 34.0. The zero-order valence-electron chi connectivity index (χ0n) is 55.4. The molecule has 10 rings (SSSR count). The van der Waals surface area contributed by atoms with E-state index in [1.54, 1.807) is 91.0 Å². The van der Waals surface area contributed by atoms with Crippen LogP contribution < -0.4 is 21.0 Å². The summed E-state index contributed by atoms with van der Waals surface area (Å²) in [4.78, 5) is 69.8. The first-order valence-electron chi connectivity index (χ1n) is 34.0. The van der Waals surface area contributed by atoms with Crippen molar-refractivity contribution < 1.29 is 52.1 Å². The van der Waals surface area contributed by atoms with Crippen LogP contribution in [0.2, 0.25) is 5.04 Å². The molecule has 492 valence electrons. The molecule has 0 spiro atoms. The number of thioether (sulfide) groups is 1. The summed E-state index contributed by atoms with van der Waals surface area (Å²) in [5.74, 6) is 2.61. The fourth-order valence-electron chi connectivity index (χ4n) is 16.6. The standard InChI is InChI=1S/C77H98N2O11SSi/c1-52(2)26-24-27-53(3)62-40-41-63-61-39-38-57-50-58(42-45-76(57,7)64(61)43-46-77(62,63)8)86-74(84)79-48-44-66(80)78-47-25-49-91-73-69(90-72(83)56-32-18-11-19-33-56)68(89-71(82)55-30-16-10-17-31-55)67(88-70(81)54-28-14-9-15-29-54)65(87-73)51-85-92(75(4,5)6,59-34-20-12-21-35-59)60-36-22-13-23-37-60/h9-23,28-38,52-53,58,61-65,67-69,73H,24-27,39-51H2,1-8H3,(H,78,80)(H,79,84)/t53-,58?,61?,62-,63?,64?,65-,67-,68+,69+,73+,76+,77-/m1/s1. The fraction of sp³-hybridized carbons (Fsp3) is 0.519. The lowest BCUT2D eigenvalue weighted by Crippen LogP contribution is -2.68. The average Bonchev–Trinajstić information content (AvgIpc) is 1.36. The molecule has 4 fully saturated rings. The summed E-state index contributed by atoms with van der Waals surface area (Å²) >= 11 is 1.33. The van der Waals surface area contributed by atoms with E-state index in [0.29, 0.717) is 23.5 Å². The molecule has 4 unspecified atom stereocenters. The summed E-state index contributed by atoms with van der Waals surface area (Å²) in [5.41, 5.74) is 1.78. The molecule has 13 atom stereocenters. The maximum absolute atomic E-state index is 14.4. The highest BCUT2D eigenvalue weighted by molar-refractivity contribution is 7.99. The lowest BCUT2D eigenvalue weighted by Gasteiger charge is -2.58. The van der Waals surface area contributed by atoms with Gasteiger partial charge in [-0.05, 0) is 155 Å². The molecule has 5 aromatic rings. The van der Waals surface area contributed by atoms with Gasteiger partial charge in [0.15, 0.2) is 18.3 Å². The van der Waals surface area contributed by atoms with Crippen LogP contribution in [0.15, 0.2) is 163 Å². The van der Waals surface area contributed by atoms with E-state index in [1.807, 2.05) is 36.4 Å². The number of benzene rings is 5. The number of fused-ring (bicyclic) bond motifs is 5. The molecule has 0 aromatic heterocycles. The smallest absolute Gasteiger partial charge is 0.407 e. The molecule has 92 heavy (non-hydrogen) atoms. The molecule has 1 saturated heterocycles. The SMILES string of the molecule is CC(C)CCC[C@@H](C)[C@H]1CCC2C3CC=C4CC(OC(=O)NCCC(=O)NCCCS[C@@H]5O[C@H](CO[Si](c6ccccc6)(c6ccccc6)C(C)(C)C)[C@@H](OC(=O)c6ccccc6)[C@H](OC(=O)c6ccccc6)[C@@H]5OC(=O)c5ccccc5)CC[C@]4(C)C3CC[C@@]21C. The van der Waals surface area contributed by atoms with E-state index in [9.17, 15) is 24.0 Å². The lowest BCUT2D eigenvalue weighted by atomic mass is 9.47. The van der Waals surface area contributed by atoms with Gasteiger partial charge in [0, 0.05) is 25.9 Å². The van der Waals surface area contributed by atoms with Gasteiger partial charge in [-0.15, -0.1) is 11.8 Å². The molecule has 1 aliphatic heterocycles. The van der Waals surface area contributed by atoms with Gasteiger partial charge in [-0.3, -0.25) is 4.79 Å². The van der Waals surface area contributed by atoms with Crippen molar-refractivity contribution in [2.45, 2.75) is 180 Å². The molecular weight excluding hydrogens is 1190 g/mol. The van der Waals surface area contributed by atoms with Gasteiger partial charge in [-0.2, -0.15) is 0 Å². The maximum Gasteiger partial charge on any atom is 0.407 e. The van der Waals surface area contributed by atoms with Gasteiger partial charge in [-0.1, -0.05) is 202 Å². The van der Waals surface area contributed by atoms with Crippen LogP contribution in [0.5, 0.6) is 0 Å². The second-order valence-electron chi connectivity index (χ2n) is 28.5. The van der Waals surface area contributed by atoms with Gasteiger partial charge in [0.05, 0.1) is 23.3 Å². The molecule has 3 saturated carbocycles. The summed E-state index contributed by atoms with van der Waals surface area (Å²) in [5, 5.41) is 7.43. The van der Waals surface area contributed by atoms with E-state index in [2.05, 4.69) is 96.4 Å². The Labute approximate surface area is 551 Å². The largest absolute Gasteiger partial charge is 0.452 e. The molecule has 15 heteroatoms. The quantitative estimate of drug-likeness (QED) is 0.0187. The minimum Gasteiger partial charge on any atom is -0.452 e. The van der Waals surface area contributed by atoms with Gasteiger partial charge in [0.2, 0.25) is 5.91 Å². The van der Waals surface area contributed by atoms with E-state index in [4.69, 9.17) is 28.1 Å². The van der Waals surface area contributed by atoms with E-state index in [1.165, 1.54) is 62.3 Å². The topological polar surface area (TPSA) is 165 Å². The summed E-state index contributed by atoms with van der Waals surface area (Å²) in [6.07, 6.45) is 10.3. The molecular formula is C77H98N2O11SSi. The third kappa shape index (κ3) is 15.7. The first kappa shape index (κ1) is 68.3. The van der Waals surface area contributed by atoms with Crippen LogP contribution in [0.25, 0.3) is 0 Å². The van der Waals surface area contributed by atoms with Crippen LogP contribution in [0.4, 0.5) is 4.79 Å². The number of rotatable bonds is 25. The van der Waals surface area contributed by atoms with Crippen LogP contribution in [0.1, 0.15) is 170 Å². The first-order valence-corrected chi connectivity index (χ1v) is 37.0. The van der Waals surface area contributed by atoms with Crippen molar-refractivity contribution in [2.24, 2.45) is 46.3 Å². The monoisotopic (exact) mass is 1290 g/mol. The van der Waals surface area contributed by atoms with Gasteiger partial charge in [0.25, 0.3) is 8.32 Å². The normalized spacial score (nSPS) is 27.2. The Morgan fingerprint density at radius 2 is 1.17 bits per heavy atom. The number of alkyl carbamates (subject to hydrolysis) is 1. The maximum atomic E-state index is 14.4. The molecule has 0 radical (unpaired) electrons. The summed E-state index contributed by atoms with van der Waals surface area (Å²) < 4.78 is 40.1. The van der Waals surface area contributed by atoms with Crippen molar-refractivity contribution in [3.05, 3.63) is 180 Å². The molecule has 4 aliphatic carbocycles. The van der Waals surface area contributed by atoms with Gasteiger partial charge in [-0.25, -0.2) is 19.2 Å².